The highest BCUT2D eigenvalue weighted by Gasteiger charge is 2.14. The molecule has 5 nitrogen and oxygen atoms in total. The van der Waals surface area contributed by atoms with Gasteiger partial charge in [-0.25, -0.2) is 4.98 Å². The van der Waals surface area contributed by atoms with Gasteiger partial charge in [0.15, 0.2) is 5.13 Å². The molecule has 0 unspecified atom stereocenters. The number of carbonyl (C=O) groups excluding carboxylic acids is 1. The van der Waals surface area contributed by atoms with Crippen LogP contribution in [0.25, 0.3) is 0 Å². The first kappa shape index (κ1) is 13.3. The van der Waals surface area contributed by atoms with Gasteiger partial charge in [0.1, 0.15) is 0 Å². The molecular weight excluding hydrogens is 248 g/mol. The Morgan fingerprint density at radius 1 is 1.56 bits per heavy atom. The summed E-state index contributed by atoms with van der Waals surface area (Å²) in [5, 5.41) is 7.18. The van der Waals surface area contributed by atoms with Crippen LogP contribution in [0.15, 0.2) is 6.20 Å². The van der Waals surface area contributed by atoms with Crippen molar-refractivity contribution in [3.05, 3.63) is 11.1 Å². The standard InChI is InChI=1S/C12H20N4OS/c1-2-4-14-12-15-8-10(18-12)9-16-6-3-11(17)13-5-7-16/h8H,2-7,9H2,1H3,(H,13,17)(H,14,15). The summed E-state index contributed by atoms with van der Waals surface area (Å²) in [5.41, 5.74) is 0. The first-order chi connectivity index (χ1) is 8.78. The van der Waals surface area contributed by atoms with E-state index in [1.165, 1.54) is 4.88 Å². The lowest BCUT2D eigenvalue weighted by Crippen LogP contribution is -2.27. The highest BCUT2D eigenvalue weighted by Crippen LogP contribution is 2.19. The molecule has 0 radical (unpaired) electrons. The van der Waals surface area contributed by atoms with Gasteiger partial charge in [-0.05, 0) is 6.42 Å². The predicted octanol–water partition coefficient (Wildman–Crippen LogP) is 1.29. The molecule has 0 saturated carbocycles. The van der Waals surface area contributed by atoms with Crippen molar-refractivity contribution in [1.29, 1.82) is 0 Å². The van der Waals surface area contributed by atoms with Gasteiger partial charge >= 0.3 is 0 Å². The monoisotopic (exact) mass is 268 g/mol. The summed E-state index contributed by atoms with van der Waals surface area (Å²) < 4.78 is 0. The number of hydrogen-bond acceptors (Lipinski definition) is 5. The van der Waals surface area contributed by atoms with E-state index in [1.54, 1.807) is 11.3 Å². The van der Waals surface area contributed by atoms with Crippen LogP contribution in [0.2, 0.25) is 0 Å². The zero-order valence-corrected chi connectivity index (χ0v) is 11.6. The van der Waals surface area contributed by atoms with Gasteiger partial charge in [-0.1, -0.05) is 6.92 Å². The number of nitrogens with zero attached hydrogens (tertiary/aromatic N) is 2. The maximum atomic E-state index is 11.2. The summed E-state index contributed by atoms with van der Waals surface area (Å²) >= 11 is 1.70. The van der Waals surface area contributed by atoms with Gasteiger partial charge in [-0.2, -0.15) is 0 Å². The zero-order valence-electron chi connectivity index (χ0n) is 10.7. The quantitative estimate of drug-likeness (QED) is 0.845. The Hall–Kier alpha value is -1.14. The number of anilines is 1. The third kappa shape index (κ3) is 3.96. The summed E-state index contributed by atoms with van der Waals surface area (Å²) in [7, 11) is 0. The van der Waals surface area contributed by atoms with E-state index in [2.05, 4.69) is 27.4 Å². The van der Waals surface area contributed by atoms with Gasteiger partial charge in [-0.15, -0.1) is 11.3 Å². The normalized spacial score (nSPS) is 17.3. The maximum Gasteiger partial charge on any atom is 0.221 e. The second-order valence-corrected chi connectivity index (χ2v) is 5.55. The first-order valence-electron chi connectivity index (χ1n) is 6.45. The number of aromatic nitrogens is 1. The van der Waals surface area contributed by atoms with Gasteiger partial charge in [0.25, 0.3) is 0 Å². The zero-order chi connectivity index (χ0) is 12.8. The molecular formula is C12H20N4OS. The largest absolute Gasteiger partial charge is 0.362 e. The van der Waals surface area contributed by atoms with Crippen molar-refractivity contribution in [3.63, 3.8) is 0 Å². The molecule has 1 fully saturated rings. The number of carbonyl (C=O) groups is 1. The average Bonchev–Trinajstić information content (AvgIpc) is 2.70. The second-order valence-electron chi connectivity index (χ2n) is 4.43. The molecule has 1 aromatic rings. The highest BCUT2D eigenvalue weighted by atomic mass is 32.1. The lowest BCUT2D eigenvalue weighted by molar-refractivity contribution is -0.120. The Morgan fingerprint density at radius 2 is 2.44 bits per heavy atom. The van der Waals surface area contributed by atoms with Crippen molar-refractivity contribution in [2.75, 3.05) is 31.5 Å². The topological polar surface area (TPSA) is 57.3 Å². The SMILES string of the molecule is CCCNc1ncc(CN2CCNC(=O)CC2)s1. The molecule has 0 aliphatic carbocycles. The predicted molar refractivity (Wildman–Crippen MR) is 73.8 cm³/mol. The molecule has 2 rings (SSSR count). The van der Waals surface area contributed by atoms with Crippen molar-refractivity contribution in [3.8, 4) is 0 Å². The summed E-state index contributed by atoms with van der Waals surface area (Å²) in [6.45, 7) is 6.50. The first-order valence-corrected chi connectivity index (χ1v) is 7.27. The molecule has 6 heteroatoms. The van der Waals surface area contributed by atoms with E-state index in [0.29, 0.717) is 6.42 Å². The molecule has 0 bridgehead atoms. The number of thiazole rings is 1. The molecule has 1 amide bonds. The van der Waals surface area contributed by atoms with Crippen molar-refractivity contribution in [2.45, 2.75) is 26.3 Å². The number of nitrogens with one attached hydrogen (secondary N) is 2. The van der Waals surface area contributed by atoms with E-state index in [-0.39, 0.29) is 5.91 Å². The van der Waals surface area contributed by atoms with Crippen LogP contribution in [-0.2, 0) is 11.3 Å². The fourth-order valence-electron chi connectivity index (χ4n) is 1.89. The fraction of sp³-hybridized carbons (Fsp3) is 0.667. The Bertz CT molecular complexity index is 393. The van der Waals surface area contributed by atoms with Crippen LogP contribution in [0.3, 0.4) is 0 Å². The summed E-state index contributed by atoms with van der Waals surface area (Å²) in [6.07, 6.45) is 3.64. The van der Waals surface area contributed by atoms with E-state index in [0.717, 1.165) is 44.3 Å². The van der Waals surface area contributed by atoms with Crippen molar-refractivity contribution < 1.29 is 4.79 Å². The summed E-state index contributed by atoms with van der Waals surface area (Å²) in [5.74, 6) is 0.159. The van der Waals surface area contributed by atoms with E-state index >= 15 is 0 Å². The maximum absolute atomic E-state index is 11.2. The van der Waals surface area contributed by atoms with Gasteiger partial charge in [0, 0.05) is 50.2 Å². The number of hydrogen-bond donors (Lipinski definition) is 2. The fourth-order valence-corrected chi connectivity index (χ4v) is 2.77. The minimum Gasteiger partial charge on any atom is -0.362 e. The Kier molecular flexibility index (Phi) is 4.95. The van der Waals surface area contributed by atoms with Gasteiger partial charge in [0.05, 0.1) is 0 Å². The van der Waals surface area contributed by atoms with Crippen molar-refractivity contribution in [2.24, 2.45) is 0 Å². The Labute approximate surface area is 112 Å². The Morgan fingerprint density at radius 3 is 3.28 bits per heavy atom. The Balaban J connectivity index is 1.84. The minimum absolute atomic E-state index is 0.159. The molecule has 0 aromatic carbocycles. The van der Waals surface area contributed by atoms with Crippen LogP contribution in [0.5, 0.6) is 0 Å². The van der Waals surface area contributed by atoms with Crippen molar-refractivity contribution >= 4 is 22.4 Å². The molecule has 1 aromatic heterocycles. The van der Waals surface area contributed by atoms with Gasteiger partial charge in [0.2, 0.25) is 5.91 Å². The van der Waals surface area contributed by atoms with Crippen LogP contribution in [-0.4, -0.2) is 42.0 Å². The number of amides is 1. The highest BCUT2D eigenvalue weighted by molar-refractivity contribution is 7.15. The van der Waals surface area contributed by atoms with E-state index in [9.17, 15) is 4.79 Å². The molecule has 1 aliphatic heterocycles. The van der Waals surface area contributed by atoms with Gasteiger partial charge in [-0.3, -0.25) is 9.69 Å². The van der Waals surface area contributed by atoms with E-state index < -0.39 is 0 Å². The van der Waals surface area contributed by atoms with Crippen LogP contribution >= 0.6 is 11.3 Å². The molecule has 1 saturated heterocycles. The smallest absolute Gasteiger partial charge is 0.221 e. The summed E-state index contributed by atoms with van der Waals surface area (Å²) in [6, 6.07) is 0. The van der Waals surface area contributed by atoms with E-state index in [4.69, 9.17) is 0 Å². The van der Waals surface area contributed by atoms with E-state index in [1.807, 2.05) is 6.20 Å². The van der Waals surface area contributed by atoms with Crippen LogP contribution in [0.4, 0.5) is 5.13 Å². The molecule has 100 valence electrons. The third-order valence-electron chi connectivity index (χ3n) is 2.86. The molecule has 0 spiro atoms. The molecule has 18 heavy (non-hydrogen) atoms. The lowest BCUT2D eigenvalue weighted by Gasteiger charge is -2.17. The summed E-state index contributed by atoms with van der Waals surface area (Å²) in [4.78, 5) is 19.2. The van der Waals surface area contributed by atoms with Crippen molar-refractivity contribution in [1.82, 2.24) is 15.2 Å². The third-order valence-corrected chi connectivity index (χ3v) is 3.80. The average molecular weight is 268 g/mol. The number of rotatable bonds is 5. The minimum atomic E-state index is 0.159. The second kappa shape index (κ2) is 6.70. The molecule has 2 heterocycles. The van der Waals surface area contributed by atoms with Crippen LogP contribution < -0.4 is 10.6 Å². The molecule has 2 N–H and O–H groups in total. The molecule has 1 aliphatic rings. The van der Waals surface area contributed by atoms with Crippen LogP contribution in [0.1, 0.15) is 24.6 Å². The van der Waals surface area contributed by atoms with Gasteiger partial charge < -0.3 is 10.6 Å². The van der Waals surface area contributed by atoms with Crippen LogP contribution in [0, 0.1) is 0 Å². The lowest BCUT2D eigenvalue weighted by atomic mass is 10.3. The molecule has 0 atom stereocenters.